The molecule has 122 valence electrons. The Morgan fingerprint density at radius 3 is 2.45 bits per heavy atom. The van der Waals surface area contributed by atoms with E-state index in [1.807, 2.05) is 6.07 Å². The van der Waals surface area contributed by atoms with E-state index in [1.54, 1.807) is 19.1 Å². The highest BCUT2D eigenvalue weighted by Gasteiger charge is 2.15. The van der Waals surface area contributed by atoms with Crippen molar-refractivity contribution < 1.29 is 19.0 Å². The average Bonchev–Trinajstić information content (AvgIpc) is 3.00. The van der Waals surface area contributed by atoms with Crippen molar-refractivity contribution in [2.45, 2.75) is 19.3 Å². The lowest BCUT2D eigenvalue weighted by atomic mass is 10.1. The summed E-state index contributed by atoms with van der Waals surface area (Å²) in [6, 6.07) is 6.12. The van der Waals surface area contributed by atoms with Gasteiger partial charge in [-0.1, -0.05) is 6.07 Å². The van der Waals surface area contributed by atoms with Gasteiger partial charge in [-0.15, -0.1) is 0 Å². The Morgan fingerprint density at radius 1 is 1.09 bits per heavy atom. The molecule has 1 aromatic rings. The molecule has 0 aliphatic heterocycles. The highest BCUT2D eigenvalue weighted by molar-refractivity contribution is 5.77. The molecule has 2 rings (SSSR count). The summed E-state index contributed by atoms with van der Waals surface area (Å²) in [6.45, 7) is 2.16. The maximum Gasteiger partial charge on any atom is 0.260 e. The minimum absolute atomic E-state index is 0.0467. The van der Waals surface area contributed by atoms with Crippen LogP contribution < -0.4 is 4.74 Å². The van der Waals surface area contributed by atoms with E-state index >= 15 is 0 Å². The van der Waals surface area contributed by atoms with E-state index in [2.05, 4.69) is 12.1 Å². The molecular formula is C17H25NO4. The molecule has 0 saturated heterocycles. The van der Waals surface area contributed by atoms with Crippen LogP contribution in [-0.4, -0.2) is 57.9 Å². The van der Waals surface area contributed by atoms with Gasteiger partial charge in [0, 0.05) is 27.3 Å². The molecule has 0 radical (unpaired) electrons. The van der Waals surface area contributed by atoms with Crippen LogP contribution >= 0.6 is 0 Å². The third-order valence-corrected chi connectivity index (χ3v) is 3.92. The second-order valence-corrected chi connectivity index (χ2v) is 5.44. The van der Waals surface area contributed by atoms with Crippen molar-refractivity contribution >= 4 is 5.91 Å². The normalized spacial score (nSPS) is 13.0. The van der Waals surface area contributed by atoms with Crippen LogP contribution in [0.2, 0.25) is 0 Å². The molecule has 5 nitrogen and oxygen atoms in total. The third-order valence-electron chi connectivity index (χ3n) is 3.92. The van der Waals surface area contributed by atoms with Crippen molar-refractivity contribution in [1.29, 1.82) is 0 Å². The van der Waals surface area contributed by atoms with Crippen LogP contribution in [-0.2, 0) is 27.1 Å². The number of ether oxygens (including phenoxy) is 3. The molecule has 5 heteroatoms. The van der Waals surface area contributed by atoms with Gasteiger partial charge in [-0.25, -0.2) is 0 Å². The van der Waals surface area contributed by atoms with Gasteiger partial charge in [0.25, 0.3) is 5.91 Å². The van der Waals surface area contributed by atoms with Gasteiger partial charge in [0.1, 0.15) is 5.75 Å². The fourth-order valence-electron chi connectivity index (χ4n) is 2.64. The maximum absolute atomic E-state index is 12.3. The Balaban J connectivity index is 1.86. The fraction of sp³-hybridized carbons (Fsp3) is 0.588. The molecule has 1 aromatic carbocycles. The smallest absolute Gasteiger partial charge is 0.260 e. The van der Waals surface area contributed by atoms with E-state index in [0.29, 0.717) is 26.3 Å². The third kappa shape index (κ3) is 4.71. The molecule has 0 fully saturated rings. The minimum atomic E-state index is -0.0467. The van der Waals surface area contributed by atoms with E-state index < -0.39 is 0 Å². The van der Waals surface area contributed by atoms with Crippen molar-refractivity contribution in [3.63, 3.8) is 0 Å². The second kappa shape index (κ2) is 8.76. The topological polar surface area (TPSA) is 48.0 Å². The summed E-state index contributed by atoms with van der Waals surface area (Å²) >= 11 is 0. The Hall–Kier alpha value is -1.59. The van der Waals surface area contributed by atoms with E-state index in [4.69, 9.17) is 14.2 Å². The van der Waals surface area contributed by atoms with Crippen LogP contribution in [0.15, 0.2) is 18.2 Å². The molecule has 22 heavy (non-hydrogen) atoms. The van der Waals surface area contributed by atoms with Gasteiger partial charge in [-0.2, -0.15) is 0 Å². The number of carbonyl (C=O) groups is 1. The lowest BCUT2D eigenvalue weighted by molar-refractivity contribution is -0.134. The van der Waals surface area contributed by atoms with Gasteiger partial charge in [0.05, 0.1) is 13.2 Å². The van der Waals surface area contributed by atoms with Gasteiger partial charge in [0.2, 0.25) is 0 Å². The van der Waals surface area contributed by atoms with Crippen molar-refractivity contribution in [2.24, 2.45) is 0 Å². The van der Waals surface area contributed by atoms with Crippen molar-refractivity contribution in [3.8, 4) is 5.75 Å². The molecule has 0 unspecified atom stereocenters. The van der Waals surface area contributed by atoms with Gasteiger partial charge in [0.15, 0.2) is 6.61 Å². The first-order chi connectivity index (χ1) is 10.7. The fourth-order valence-corrected chi connectivity index (χ4v) is 2.64. The average molecular weight is 307 g/mol. The summed E-state index contributed by atoms with van der Waals surface area (Å²) in [5, 5.41) is 0. The summed E-state index contributed by atoms with van der Waals surface area (Å²) in [6.07, 6.45) is 3.46. The Bertz CT molecular complexity index is 482. The SMILES string of the molecule is COCCN(CCOC)C(=O)COc1ccc2c(c1)CCC2. The van der Waals surface area contributed by atoms with Crippen molar-refractivity contribution in [1.82, 2.24) is 4.90 Å². The molecule has 1 aliphatic carbocycles. The molecule has 0 heterocycles. The lowest BCUT2D eigenvalue weighted by Gasteiger charge is -2.22. The zero-order valence-corrected chi connectivity index (χ0v) is 13.5. The highest BCUT2D eigenvalue weighted by Crippen LogP contribution is 2.25. The first kappa shape index (κ1) is 16.8. The Morgan fingerprint density at radius 2 is 1.77 bits per heavy atom. The summed E-state index contributed by atoms with van der Waals surface area (Å²) in [4.78, 5) is 14.0. The van der Waals surface area contributed by atoms with E-state index in [-0.39, 0.29) is 12.5 Å². The maximum atomic E-state index is 12.3. The first-order valence-electron chi connectivity index (χ1n) is 7.75. The number of hydrogen-bond acceptors (Lipinski definition) is 4. The van der Waals surface area contributed by atoms with Crippen LogP contribution in [0.3, 0.4) is 0 Å². The van der Waals surface area contributed by atoms with Crippen LogP contribution in [0.5, 0.6) is 5.75 Å². The van der Waals surface area contributed by atoms with E-state index in [9.17, 15) is 4.79 Å². The summed E-state index contributed by atoms with van der Waals surface area (Å²) in [7, 11) is 3.25. The van der Waals surface area contributed by atoms with Crippen LogP contribution in [0.1, 0.15) is 17.5 Å². The molecule has 0 bridgehead atoms. The van der Waals surface area contributed by atoms with Crippen LogP contribution in [0.25, 0.3) is 0 Å². The van der Waals surface area contributed by atoms with Crippen molar-refractivity contribution in [2.75, 3.05) is 47.1 Å². The quantitative estimate of drug-likeness (QED) is 0.696. The zero-order valence-electron chi connectivity index (χ0n) is 13.5. The number of amides is 1. The highest BCUT2D eigenvalue weighted by atomic mass is 16.5. The zero-order chi connectivity index (χ0) is 15.8. The summed E-state index contributed by atoms with van der Waals surface area (Å²) in [5.41, 5.74) is 2.75. The standard InChI is InChI=1S/C17H25NO4/c1-20-10-8-18(9-11-21-2)17(19)13-22-16-7-6-14-4-3-5-15(14)12-16/h6-7,12H,3-5,8-11,13H2,1-2H3. The molecular weight excluding hydrogens is 282 g/mol. The number of fused-ring (bicyclic) bond motifs is 1. The van der Waals surface area contributed by atoms with Gasteiger partial charge in [-0.05, 0) is 42.5 Å². The lowest BCUT2D eigenvalue weighted by Crippen LogP contribution is -2.39. The number of aryl methyl sites for hydroxylation is 2. The first-order valence-corrected chi connectivity index (χ1v) is 7.75. The monoisotopic (exact) mass is 307 g/mol. The number of methoxy groups -OCH3 is 2. The number of rotatable bonds is 9. The molecule has 0 atom stereocenters. The summed E-state index contributed by atoms with van der Waals surface area (Å²) < 4.78 is 15.7. The Labute approximate surface area is 132 Å². The predicted molar refractivity (Wildman–Crippen MR) is 84.3 cm³/mol. The molecule has 1 aliphatic rings. The van der Waals surface area contributed by atoms with E-state index in [0.717, 1.165) is 18.6 Å². The number of carbonyl (C=O) groups excluding carboxylic acids is 1. The second-order valence-electron chi connectivity index (χ2n) is 5.44. The Kier molecular flexibility index (Phi) is 6.68. The van der Waals surface area contributed by atoms with Gasteiger partial charge >= 0.3 is 0 Å². The predicted octanol–water partition coefficient (Wildman–Crippen LogP) is 1.68. The van der Waals surface area contributed by atoms with Crippen LogP contribution in [0, 0.1) is 0 Å². The van der Waals surface area contributed by atoms with E-state index in [1.165, 1.54) is 17.5 Å². The molecule has 0 spiro atoms. The number of hydrogen-bond donors (Lipinski definition) is 0. The number of benzene rings is 1. The van der Waals surface area contributed by atoms with Crippen LogP contribution in [0.4, 0.5) is 0 Å². The van der Waals surface area contributed by atoms with Crippen molar-refractivity contribution in [3.05, 3.63) is 29.3 Å². The number of nitrogens with zero attached hydrogens (tertiary/aromatic N) is 1. The molecule has 1 amide bonds. The van der Waals surface area contributed by atoms with Gasteiger partial charge in [-0.3, -0.25) is 4.79 Å². The minimum Gasteiger partial charge on any atom is -0.484 e. The van der Waals surface area contributed by atoms with Gasteiger partial charge < -0.3 is 19.1 Å². The molecule has 0 aromatic heterocycles. The molecule has 0 N–H and O–H groups in total. The molecule has 0 saturated carbocycles. The summed E-state index contributed by atoms with van der Waals surface area (Å²) in [5.74, 6) is 0.724. The largest absolute Gasteiger partial charge is 0.484 e.